The van der Waals surface area contributed by atoms with Crippen LogP contribution in [0.25, 0.3) is 0 Å². The minimum Gasteiger partial charge on any atom is -0.481 e. The number of likely N-dealkylation sites (tertiary alicyclic amines) is 1. The molecule has 0 aliphatic carbocycles. The predicted octanol–water partition coefficient (Wildman–Crippen LogP) is 1.07. The van der Waals surface area contributed by atoms with E-state index in [4.69, 9.17) is 10.8 Å². The Morgan fingerprint density at radius 1 is 1.44 bits per heavy atom. The van der Waals surface area contributed by atoms with Gasteiger partial charge in [0.15, 0.2) is 0 Å². The molecule has 0 aromatic heterocycles. The summed E-state index contributed by atoms with van der Waals surface area (Å²) in [4.78, 5) is 24.7. The first-order valence-electron chi connectivity index (χ1n) is 6.58. The minimum absolute atomic E-state index is 0.0880. The van der Waals surface area contributed by atoms with E-state index in [0.29, 0.717) is 25.4 Å². The summed E-state index contributed by atoms with van der Waals surface area (Å²) in [5, 5.41) is 8.69. The van der Waals surface area contributed by atoms with Gasteiger partial charge in [0.05, 0.1) is 5.41 Å². The second kappa shape index (κ2) is 6.18. The van der Waals surface area contributed by atoms with Gasteiger partial charge in [0.1, 0.15) is 0 Å². The van der Waals surface area contributed by atoms with E-state index in [2.05, 4.69) is 0 Å². The third kappa shape index (κ3) is 3.98. The molecule has 5 heteroatoms. The lowest BCUT2D eigenvalue weighted by molar-refractivity contribution is -0.141. The van der Waals surface area contributed by atoms with Crippen molar-refractivity contribution < 1.29 is 14.7 Å². The Morgan fingerprint density at radius 3 is 2.67 bits per heavy atom. The molecule has 0 radical (unpaired) electrons. The van der Waals surface area contributed by atoms with E-state index >= 15 is 0 Å². The number of nitrogens with zero attached hydrogens (tertiary/aromatic N) is 1. The summed E-state index contributed by atoms with van der Waals surface area (Å²) in [6.07, 6.45) is 2.81. The quantitative estimate of drug-likeness (QED) is 0.771. The lowest BCUT2D eigenvalue weighted by atomic mass is 9.88. The second-order valence-electron chi connectivity index (χ2n) is 5.78. The molecule has 0 aromatic carbocycles. The number of rotatable bonds is 5. The lowest BCUT2D eigenvalue weighted by Gasteiger charge is -2.37. The van der Waals surface area contributed by atoms with Crippen molar-refractivity contribution in [2.45, 2.75) is 39.5 Å². The first-order chi connectivity index (χ1) is 8.36. The number of hydrogen-bond donors (Lipinski definition) is 2. The van der Waals surface area contributed by atoms with Crippen molar-refractivity contribution in [2.24, 2.45) is 17.1 Å². The summed E-state index contributed by atoms with van der Waals surface area (Å²) >= 11 is 0. The SMILES string of the molecule is CC(C)(CN)C(=O)N1CCCC(CCC(=O)O)C1. The first-order valence-corrected chi connectivity index (χ1v) is 6.58. The van der Waals surface area contributed by atoms with Crippen molar-refractivity contribution in [3.63, 3.8) is 0 Å². The van der Waals surface area contributed by atoms with Crippen molar-refractivity contribution in [3.8, 4) is 0 Å². The fraction of sp³-hybridized carbons (Fsp3) is 0.846. The van der Waals surface area contributed by atoms with E-state index in [-0.39, 0.29) is 12.3 Å². The maximum Gasteiger partial charge on any atom is 0.303 e. The molecular formula is C13H24N2O3. The molecule has 1 fully saturated rings. The molecule has 1 unspecified atom stereocenters. The van der Waals surface area contributed by atoms with E-state index in [1.54, 1.807) is 0 Å². The monoisotopic (exact) mass is 256 g/mol. The van der Waals surface area contributed by atoms with Crippen molar-refractivity contribution in [1.29, 1.82) is 0 Å². The summed E-state index contributed by atoms with van der Waals surface area (Å²) in [6, 6.07) is 0. The van der Waals surface area contributed by atoms with Crippen LogP contribution in [0.3, 0.4) is 0 Å². The van der Waals surface area contributed by atoms with Gasteiger partial charge in [-0.3, -0.25) is 9.59 Å². The summed E-state index contributed by atoms with van der Waals surface area (Å²) in [5.74, 6) is -0.363. The van der Waals surface area contributed by atoms with Crippen molar-refractivity contribution in [1.82, 2.24) is 4.90 Å². The number of carbonyl (C=O) groups excluding carboxylic acids is 1. The Bertz CT molecular complexity index is 315. The zero-order valence-electron chi connectivity index (χ0n) is 11.3. The predicted molar refractivity (Wildman–Crippen MR) is 69.0 cm³/mol. The number of amides is 1. The highest BCUT2D eigenvalue weighted by molar-refractivity contribution is 5.82. The summed E-state index contributed by atoms with van der Waals surface area (Å²) in [7, 11) is 0. The highest BCUT2D eigenvalue weighted by Gasteiger charge is 2.33. The summed E-state index contributed by atoms with van der Waals surface area (Å²) in [6.45, 7) is 5.50. The molecule has 1 heterocycles. The molecule has 18 heavy (non-hydrogen) atoms. The molecule has 104 valence electrons. The molecule has 5 nitrogen and oxygen atoms in total. The number of carboxylic acid groups (broad SMARTS) is 1. The maximum atomic E-state index is 12.3. The third-order valence-electron chi connectivity index (χ3n) is 3.66. The molecule has 1 saturated heterocycles. The zero-order valence-corrected chi connectivity index (χ0v) is 11.3. The van der Waals surface area contributed by atoms with E-state index in [9.17, 15) is 9.59 Å². The van der Waals surface area contributed by atoms with E-state index in [0.717, 1.165) is 19.4 Å². The van der Waals surface area contributed by atoms with Crippen LogP contribution < -0.4 is 5.73 Å². The summed E-state index contributed by atoms with van der Waals surface area (Å²) in [5.41, 5.74) is 5.10. The standard InChI is InChI=1S/C13H24N2O3/c1-13(2,9-14)12(18)15-7-3-4-10(8-15)5-6-11(16)17/h10H,3-9,14H2,1-2H3,(H,16,17). The molecule has 0 spiro atoms. The van der Waals surface area contributed by atoms with Gasteiger partial charge in [0, 0.05) is 26.1 Å². The second-order valence-corrected chi connectivity index (χ2v) is 5.78. The molecular weight excluding hydrogens is 232 g/mol. The van der Waals surface area contributed by atoms with Crippen LogP contribution in [0.15, 0.2) is 0 Å². The van der Waals surface area contributed by atoms with Gasteiger partial charge in [-0.1, -0.05) is 0 Å². The molecule has 0 aromatic rings. The maximum absolute atomic E-state index is 12.3. The van der Waals surface area contributed by atoms with Gasteiger partial charge in [-0.25, -0.2) is 0 Å². The minimum atomic E-state index is -0.763. The van der Waals surface area contributed by atoms with Gasteiger partial charge < -0.3 is 15.7 Å². The molecule has 1 aliphatic rings. The Hall–Kier alpha value is -1.10. The number of aliphatic carboxylic acids is 1. The topological polar surface area (TPSA) is 83.6 Å². The van der Waals surface area contributed by atoms with Crippen LogP contribution in [0.4, 0.5) is 0 Å². The van der Waals surface area contributed by atoms with Crippen molar-refractivity contribution in [3.05, 3.63) is 0 Å². The molecule has 1 rings (SSSR count). The molecule has 1 atom stereocenters. The number of hydrogen-bond acceptors (Lipinski definition) is 3. The fourth-order valence-corrected chi connectivity index (χ4v) is 2.33. The Labute approximate surface area is 108 Å². The molecule has 0 bridgehead atoms. The highest BCUT2D eigenvalue weighted by atomic mass is 16.4. The van der Waals surface area contributed by atoms with Gasteiger partial charge in [-0.2, -0.15) is 0 Å². The van der Waals surface area contributed by atoms with E-state index in [1.807, 2.05) is 18.7 Å². The number of carbonyl (C=O) groups is 2. The molecule has 1 amide bonds. The smallest absolute Gasteiger partial charge is 0.303 e. The average Bonchev–Trinajstić information content (AvgIpc) is 2.35. The number of carboxylic acids is 1. The molecule has 1 aliphatic heterocycles. The molecule has 0 saturated carbocycles. The van der Waals surface area contributed by atoms with Gasteiger partial charge in [0.2, 0.25) is 5.91 Å². The van der Waals surface area contributed by atoms with Crippen LogP contribution in [0.2, 0.25) is 0 Å². The molecule has 3 N–H and O–H groups in total. The van der Waals surface area contributed by atoms with Crippen LogP contribution in [-0.2, 0) is 9.59 Å². The summed E-state index contributed by atoms with van der Waals surface area (Å²) < 4.78 is 0. The van der Waals surface area contributed by atoms with Crippen molar-refractivity contribution in [2.75, 3.05) is 19.6 Å². The van der Waals surface area contributed by atoms with Gasteiger partial charge in [0.25, 0.3) is 0 Å². The zero-order chi connectivity index (χ0) is 13.8. The third-order valence-corrected chi connectivity index (χ3v) is 3.66. The van der Waals surface area contributed by atoms with E-state index in [1.165, 1.54) is 0 Å². The fourth-order valence-electron chi connectivity index (χ4n) is 2.33. The normalized spacial score (nSPS) is 20.8. The van der Waals surface area contributed by atoms with Gasteiger partial charge in [-0.05, 0) is 39.0 Å². The number of piperidine rings is 1. The van der Waals surface area contributed by atoms with Crippen LogP contribution in [-0.4, -0.2) is 41.5 Å². The van der Waals surface area contributed by atoms with E-state index < -0.39 is 11.4 Å². The van der Waals surface area contributed by atoms with Crippen LogP contribution in [0, 0.1) is 11.3 Å². The first kappa shape index (κ1) is 15.0. The lowest BCUT2D eigenvalue weighted by Crippen LogP contribution is -2.48. The van der Waals surface area contributed by atoms with Gasteiger partial charge >= 0.3 is 5.97 Å². The Balaban J connectivity index is 2.53. The van der Waals surface area contributed by atoms with Crippen LogP contribution >= 0.6 is 0 Å². The van der Waals surface area contributed by atoms with Crippen LogP contribution in [0.1, 0.15) is 39.5 Å². The largest absolute Gasteiger partial charge is 0.481 e. The van der Waals surface area contributed by atoms with Crippen molar-refractivity contribution >= 4 is 11.9 Å². The van der Waals surface area contributed by atoms with Crippen LogP contribution in [0.5, 0.6) is 0 Å². The Kier molecular flexibility index (Phi) is 5.14. The Morgan fingerprint density at radius 2 is 2.11 bits per heavy atom. The van der Waals surface area contributed by atoms with Gasteiger partial charge in [-0.15, -0.1) is 0 Å². The highest BCUT2D eigenvalue weighted by Crippen LogP contribution is 2.25. The average molecular weight is 256 g/mol. The number of nitrogens with two attached hydrogens (primary N) is 1.